The molecule has 4 rings (SSSR count). The summed E-state index contributed by atoms with van der Waals surface area (Å²) in [5, 5.41) is 15.9. The van der Waals surface area contributed by atoms with Crippen molar-refractivity contribution >= 4 is 24.5 Å². The lowest BCUT2D eigenvalue weighted by molar-refractivity contribution is -0.362. The molecule has 2 aliphatic rings. The first-order valence-corrected chi connectivity index (χ1v) is 9.47. The van der Waals surface area contributed by atoms with Gasteiger partial charge >= 0.3 is 6.97 Å². The van der Waals surface area contributed by atoms with Gasteiger partial charge in [0.25, 0.3) is 0 Å². The maximum Gasteiger partial charge on any atom is 0.737 e. The highest BCUT2D eigenvalue weighted by Crippen LogP contribution is 2.34. The molecule has 0 aliphatic carbocycles. The van der Waals surface area contributed by atoms with E-state index in [0.29, 0.717) is 53.8 Å². The Bertz CT molecular complexity index is 1080. The van der Waals surface area contributed by atoms with Crippen molar-refractivity contribution in [3.05, 3.63) is 59.1 Å². The van der Waals surface area contributed by atoms with Crippen LogP contribution >= 0.6 is 0 Å². The summed E-state index contributed by atoms with van der Waals surface area (Å²) in [5.41, 5.74) is 2.97. The van der Waals surface area contributed by atoms with Crippen molar-refractivity contribution in [3.63, 3.8) is 0 Å². The molecule has 29 heavy (non-hydrogen) atoms. The van der Waals surface area contributed by atoms with Crippen LogP contribution in [0.3, 0.4) is 0 Å². The zero-order chi connectivity index (χ0) is 20.8. The molecule has 0 aromatic carbocycles. The molecule has 0 saturated heterocycles. The van der Waals surface area contributed by atoms with Crippen molar-refractivity contribution < 1.29 is 17.9 Å². The fourth-order valence-electron chi connectivity index (χ4n) is 3.84. The lowest BCUT2D eigenvalue weighted by atomic mass is 9.90. The number of fused-ring (bicyclic) bond motifs is 2. The van der Waals surface area contributed by atoms with Crippen molar-refractivity contribution in [2.75, 3.05) is 6.61 Å². The van der Waals surface area contributed by atoms with Gasteiger partial charge in [-0.05, 0) is 38.1 Å². The van der Waals surface area contributed by atoms with Crippen LogP contribution in [0, 0.1) is 13.8 Å². The number of halogens is 2. The first-order chi connectivity index (χ1) is 13.8. The maximum absolute atomic E-state index is 15.4. The number of nitrogens with zero attached hydrogens (tertiary/aromatic N) is 6. The minimum absolute atomic E-state index is 0.214. The van der Waals surface area contributed by atoms with Crippen LogP contribution in [0.5, 0.6) is 0 Å². The molecular formula is C19H21BF2N6O. The summed E-state index contributed by atoms with van der Waals surface area (Å²) in [5.74, 6) is 0.884. The number of ether oxygens (including phenoxy) is 1. The topological polar surface area (TPSA) is 68.7 Å². The van der Waals surface area contributed by atoms with Crippen LogP contribution in [0.15, 0.2) is 30.5 Å². The van der Waals surface area contributed by atoms with Crippen LogP contribution < -0.4 is 0 Å². The highest BCUT2D eigenvalue weighted by molar-refractivity contribution is 6.58. The normalized spacial score (nSPS) is 16.5. The van der Waals surface area contributed by atoms with E-state index in [9.17, 15) is 0 Å². The Hall–Kier alpha value is -3.17. The van der Waals surface area contributed by atoms with Crippen molar-refractivity contribution in [3.8, 4) is 0 Å². The zero-order valence-corrected chi connectivity index (χ0v) is 16.6. The van der Waals surface area contributed by atoms with Gasteiger partial charge < -0.3 is 22.3 Å². The van der Waals surface area contributed by atoms with E-state index < -0.39 is 6.97 Å². The predicted molar refractivity (Wildman–Crippen MR) is 106 cm³/mol. The number of rotatable bonds is 6. The van der Waals surface area contributed by atoms with Gasteiger partial charge in [0.15, 0.2) is 17.3 Å². The summed E-state index contributed by atoms with van der Waals surface area (Å²) in [6, 6.07) is 1.79. The van der Waals surface area contributed by atoms with E-state index in [-0.39, 0.29) is 5.82 Å². The lowest BCUT2D eigenvalue weighted by Crippen LogP contribution is -2.50. The second-order valence-electron chi connectivity index (χ2n) is 7.07. The van der Waals surface area contributed by atoms with Crippen molar-refractivity contribution in [2.45, 2.75) is 33.6 Å². The van der Waals surface area contributed by atoms with Crippen LogP contribution in [0.1, 0.15) is 41.9 Å². The van der Waals surface area contributed by atoms with Gasteiger partial charge in [0.2, 0.25) is 5.82 Å². The average Bonchev–Trinajstić information content (AvgIpc) is 3.22. The number of hydrogen-bond acceptors (Lipinski definition) is 5. The molecule has 2 aromatic heterocycles. The molecule has 0 amide bonds. The van der Waals surface area contributed by atoms with E-state index in [0.717, 1.165) is 14.5 Å². The monoisotopic (exact) mass is 398 g/mol. The molecule has 7 nitrogen and oxygen atoms in total. The van der Waals surface area contributed by atoms with Crippen LogP contribution in [-0.2, 0) is 11.2 Å². The quantitative estimate of drug-likeness (QED) is 0.553. The molecule has 0 radical (unpaired) electrons. The standard InChI is InChI=1S/C19H21BF2N6O/c1-5-29-14(4)19-25-23-18(24-26-19)9-8-15-6-7-16-11-17-12(2)10-13(3)27(17)20(21,22)28(15)16/h6-7,10-11H,4-5,8-9H2,1-3H3. The van der Waals surface area contributed by atoms with Gasteiger partial charge in [-0.15, -0.1) is 20.4 Å². The maximum atomic E-state index is 15.4. The fraction of sp³-hybridized carbons (Fsp3) is 0.316. The van der Waals surface area contributed by atoms with Gasteiger partial charge in [0, 0.05) is 36.8 Å². The summed E-state index contributed by atoms with van der Waals surface area (Å²) < 4.78 is 38.3. The molecule has 0 bridgehead atoms. The van der Waals surface area contributed by atoms with E-state index in [1.165, 1.54) is 0 Å². The minimum atomic E-state index is -3.97. The van der Waals surface area contributed by atoms with E-state index in [1.54, 1.807) is 31.2 Å². The molecule has 0 unspecified atom stereocenters. The average molecular weight is 398 g/mol. The summed E-state index contributed by atoms with van der Waals surface area (Å²) in [7, 11) is 0. The molecule has 0 fully saturated rings. The number of hydrogen-bond donors (Lipinski definition) is 0. The van der Waals surface area contributed by atoms with Crippen molar-refractivity contribution in [1.29, 1.82) is 0 Å². The Morgan fingerprint density at radius 2 is 1.90 bits per heavy atom. The second-order valence-corrected chi connectivity index (χ2v) is 7.07. The highest BCUT2D eigenvalue weighted by Gasteiger charge is 2.52. The fourth-order valence-corrected chi connectivity index (χ4v) is 3.84. The van der Waals surface area contributed by atoms with Gasteiger partial charge in [-0.25, -0.2) is 0 Å². The Kier molecular flexibility index (Phi) is 4.64. The largest absolute Gasteiger partial charge is 0.737 e. The van der Waals surface area contributed by atoms with Gasteiger partial charge in [-0.1, -0.05) is 6.58 Å². The minimum Gasteiger partial charge on any atom is -0.490 e. The third-order valence-corrected chi connectivity index (χ3v) is 5.10. The Morgan fingerprint density at radius 1 is 1.17 bits per heavy atom. The molecule has 150 valence electrons. The SMILES string of the molecule is C=C(OCC)c1nnc(CCC2=[N+]3C(=Cc4c(C)cc(C)n4[B-]3(F)F)C=C2)nn1. The first kappa shape index (κ1) is 19.2. The first-order valence-electron chi connectivity index (χ1n) is 9.47. The van der Waals surface area contributed by atoms with Crippen LogP contribution in [0.2, 0.25) is 0 Å². The summed E-state index contributed by atoms with van der Waals surface area (Å²) in [4.78, 5) is 0. The molecule has 0 spiro atoms. The van der Waals surface area contributed by atoms with Crippen LogP contribution in [0.25, 0.3) is 11.8 Å². The molecular weight excluding hydrogens is 377 g/mol. The zero-order valence-electron chi connectivity index (χ0n) is 16.6. The van der Waals surface area contributed by atoms with Gasteiger partial charge in [0.1, 0.15) is 5.71 Å². The van der Waals surface area contributed by atoms with E-state index in [2.05, 4.69) is 27.0 Å². The molecule has 2 aliphatic heterocycles. The number of aryl methyl sites for hydroxylation is 3. The molecule has 0 saturated carbocycles. The highest BCUT2D eigenvalue weighted by atomic mass is 19.2. The summed E-state index contributed by atoms with van der Waals surface area (Å²) in [6.07, 6.45) is 5.94. The Balaban J connectivity index is 1.58. The smallest absolute Gasteiger partial charge is 0.490 e. The molecule has 10 heteroatoms. The second kappa shape index (κ2) is 7.02. The number of aromatic nitrogens is 5. The van der Waals surface area contributed by atoms with Gasteiger partial charge in [-0.2, -0.15) is 0 Å². The molecule has 0 N–H and O–H groups in total. The Morgan fingerprint density at radius 3 is 2.59 bits per heavy atom. The van der Waals surface area contributed by atoms with Crippen LogP contribution in [0.4, 0.5) is 8.63 Å². The molecule has 4 heterocycles. The molecule has 0 atom stereocenters. The van der Waals surface area contributed by atoms with E-state index >= 15 is 8.63 Å². The number of allylic oxidation sites excluding steroid dienone is 2. The molecule has 2 aromatic rings. The van der Waals surface area contributed by atoms with E-state index in [4.69, 9.17) is 4.74 Å². The van der Waals surface area contributed by atoms with Gasteiger partial charge in [-0.3, -0.25) is 0 Å². The summed E-state index contributed by atoms with van der Waals surface area (Å²) in [6.45, 7) is 5.56. The van der Waals surface area contributed by atoms with E-state index in [1.807, 2.05) is 13.8 Å². The van der Waals surface area contributed by atoms with Crippen molar-refractivity contribution in [1.82, 2.24) is 24.9 Å². The van der Waals surface area contributed by atoms with Crippen molar-refractivity contribution in [2.24, 2.45) is 0 Å². The predicted octanol–water partition coefficient (Wildman–Crippen LogP) is 2.93. The van der Waals surface area contributed by atoms with Gasteiger partial charge in [0.05, 0.1) is 6.61 Å². The van der Waals surface area contributed by atoms with Crippen LogP contribution in [-0.4, -0.2) is 48.6 Å². The third kappa shape index (κ3) is 3.18. The third-order valence-electron chi connectivity index (χ3n) is 5.10. The lowest BCUT2D eigenvalue weighted by Gasteiger charge is -2.30. The summed E-state index contributed by atoms with van der Waals surface area (Å²) >= 11 is 0. The Labute approximate surface area is 167 Å².